The molecule has 0 bridgehead atoms. The maximum absolute atomic E-state index is 13.3. The van der Waals surface area contributed by atoms with Gasteiger partial charge >= 0.3 is 0 Å². The van der Waals surface area contributed by atoms with Crippen molar-refractivity contribution >= 4 is 34.2 Å². The van der Waals surface area contributed by atoms with Crippen molar-refractivity contribution in [3.05, 3.63) is 35.2 Å². The summed E-state index contributed by atoms with van der Waals surface area (Å²) >= 11 is 1.14. The summed E-state index contributed by atoms with van der Waals surface area (Å²) in [6.07, 6.45) is 0.340. The molecule has 9 heteroatoms. The lowest BCUT2D eigenvalue weighted by molar-refractivity contribution is -0.138. The molecule has 3 rings (SSSR count). The van der Waals surface area contributed by atoms with Gasteiger partial charge in [-0.25, -0.2) is 13.8 Å². The number of hydrogen-bond donors (Lipinski definition) is 1. The molecule has 25 heavy (non-hydrogen) atoms. The van der Waals surface area contributed by atoms with Crippen molar-refractivity contribution in [1.82, 2.24) is 9.88 Å². The number of hydrogen-bond acceptors (Lipinski definition) is 5. The number of amides is 3. The van der Waals surface area contributed by atoms with Crippen LogP contribution in [0.4, 0.5) is 13.9 Å². The first-order chi connectivity index (χ1) is 11.9. The first-order valence-corrected chi connectivity index (χ1v) is 8.36. The number of rotatable bonds is 5. The summed E-state index contributed by atoms with van der Waals surface area (Å²) in [5.41, 5.74) is 0.799. The van der Waals surface area contributed by atoms with E-state index in [1.165, 1.54) is 6.07 Å². The predicted octanol–water partition coefficient (Wildman–Crippen LogP) is 2.57. The van der Waals surface area contributed by atoms with Crippen LogP contribution in [0.1, 0.15) is 19.3 Å². The molecule has 6 nitrogen and oxygen atoms in total. The fraction of sp³-hybridized carbons (Fsp3) is 0.250. The third-order valence-electron chi connectivity index (χ3n) is 3.68. The van der Waals surface area contributed by atoms with E-state index in [-0.39, 0.29) is 37.6 Å². The minimum Gasteiger partial charge on any atom is -0.302 e. The zero-order chi connectivity index (χ0) is 18.0. The molecular formula is C16H13F2N3O3S. The molecular weight excluding hydrogens is 352 g/mol. The first-order valence-electron chi connectivity index (χ1n) is 7.48. The smallest absolute Gasteiger partial charge is 0.229 e. The monoisotopic (exact) mass is 365 g/mol. The molecule has 3 amide bonds. The van der Waals surface area contributed by atoms with Gasteiger partial charge in [0.25, 0.3) is 0 Å². The fourth-order valence-electron chi connectivity index (χ4n) is 2.39. The van der Waals surface area contributed by atoms with Crippen LogP contribution in [0.2, 0.25) is 0 Å². The highest BCUT2D eigenvalue weighted by Gasteiger charge is 2.28. The number of carbonyl (C=O) groups excluding carboxylic acids is 3. The number of thiazole rings is 1. The van der Waals surface area contributed by atoms with Crippen LogP contribution < -0.4 is 5.32 Å². The van der Waals surface area contributed by atoms with Crippen molar-refractivity contribution in [2.45, 2.75) is 19.3 Å². The highest BCUT2D eigenvalue weighted by atomic mass is 32.1. The maximum Gasteiger partial charge on any atom is 0.229 e. The average Bonchev–Trinajstić information content (AvgIpc) is 3.15. The number of imide groups is 1. The maximum atomic E-state index is 13.3. The van der Waals surface area contributed by atoms with Crippen LogP contribution in [-0.2, 0) is 14.4 Å². The van der Waals surface area contributed by atoms with E-state index in [1.807, 2.05) is 0 Å². The van der Waals surface area contributed by atoms with Gasteiger partial charge in [-0.1, -0.05) is 0 Å². The molecule has 0 spiro atoms. The highest BCUT2D eigenvalue weighted by molar-refractivity contribution is 7.14. The molecule has 2 aromatic rings. The Morgan fingerprint density at radius 1 is 1.20 bits per heavy atom. The summed E-state index contributed by atoms with van der Waals surface area (Å²) < 4.78 is 26.2. The molecule has 130 valence electrons. The normalized spacial score (nSPS) is 14.2. The van der Waals surface area contributed by atoms with Crippen LogP contribution in [0.15, 0.2) is 23.6 Å². The average molecular weight is 365 g/mol. The number of anilines is 1. The summed E-state index contributed by atoms with van der Waals surface area (Å²) in [6.45, 7) is 0.0326. The lowest BCUT2D eigenvalue weighted by atomic mass is 10.2. The number of likely N-dealkylation sites (tertiary alicyclic amines) is 1. The molecule has 1 fully saturated rings. The van der Waals surface area contributed by atoms with Crippen molar-refractivity contribution in [3.8, 4) is 11.3 Å². The molecule has 1 aromatic carbocycles. The molecule has 1 N–H and O–H groups in total. The van der Waals surface area contributed by atoms with Crippen molar-refractivity contribution in [1.29, 1.82) is 0 Å². The van der Waals surface area contributed by atoms with Crippen LogP contribution >= 0.6 is 11.3 Å². The summed E-state index contributed by atoms with van der Waals surface area (Å²) in [6, 6.07) is 3.43. The lowest BCUT2D eigenvalue weighted by Crippen LogP contribution is -2.32. The van der Waals surface area contributed by atoms with Gasteiger partial charge in [-0.2, -0.15) is 0 Å². The van der Waals surface area contributed by atoms with Gasteiger partial charge in [-0.15, -0.1) is 11.3 Å². The van der Waals surface area contributed by atoms with E-state index in [4.69, 9.17) is 0 Å². The topological polar surface area (TPSA) is 79.4 Å². The summed E-state index contributed by atoms with van der Waals surface area (Å²) in [7, 11) is 0. The Bertz CT molecular complexity index is 837. The van der Waals surface area contributed by atoms with Crippen LogP contribution in [0.25, 0.3) is 11.3 Å². The summed E-state index contributed by atoms with van der Waals surface area (Å²) in [5, 5.41) is 4.47. The fourth-order valence-corrected chi connectivity index (χ4v) is 3.12. The molecule has 0 unspecified atom stereocenters. The molecule has 0 atom stereocenters. The van der Waals surface area contributed by atoms with Gasteiger partial charge in [0.1, 0.15) is 0 Å². The molecule has 2 heterocycles. The Kier molecular flexibility index (Phi) is 4.84. The molecule has 1 aromatic heterocycles. The van der Waals surface area contributed by atoms with Gasteiger partial charge in [0, 0.05) is 36.8 Å². The highest BCUT2D eigenvalue weighted by Crippen LogP contribution is 2.26. The number of carbonyl (C=O) groups is 3. The summed E-state index contributed by atoms with van der Waals surface area (Å²) in [5.74, 6) is -2.85. The third kappa shape index (κ3) is 3.87. The van der Waals surface area contributed by atoms with Crippen LogP contribution in [0.3, 0.4) is 0 Å². The second-order valence-corrected chi connectivity index (χ2v) is 6.26. The molecule has 0 aliphatic carbocycles. The SMILES string of the molecule is O=C(CCN1C(=O)CCC1=O)Nc1nc(-c2ccc(F)c(F)c2)cs1. The first kappa shape index (κ1) is 17.2. The largest absolute Gasteiger partial charge is 0.302 e. The second-order valence-electron chi connectivity index (χ2n) is 5.40. The van der Waals surface area contributed by atoms with E-state index in [9.17, 15) is 23.2 Å². The van der Waals surface area contributed by atoms with Crippen molar-refractivity contribution in [2.75, 3.05) is 11.9 Å². The Morgan fingerprint density at radius 2 is 1.92 bits per heavy atom. The Morgan fingerprint density at radius 3 is 2.60 bits per heavy atom. The van der Waals surface area contributed by atoms with E-state index in [2.05, 4.69) is 10.3 Å². The zero-order valence-corrected chi connectivity index (χ0v) is 13.7. The van der Waals surface area contributed by atoms with Gasteiger partial charge in [0.2, 0.25) is 17.7 Å². The molecule has 1 aliphatic heterocycles. The van der Waals surface area contributed by atoms with Crippen LogP contribution in [-0.4, -0.2) is 34.2 Å². The van der Waals surface area contributed by atoms with Gasteiger partial charge in [0.15, 0.2) is 16.8 Å². The third-order valence-corrected chi connectivity index (χ3v) is 4.44. The van der Waals surface area contributed by atoms with Gasteiger partial charge < -0.3 is 5.32 Å². The number of benzene rings is 1. The van der Waals surface area contributed by atoms with Crippen molar-refractivity contribution in [3.63, 3.8) is 0 Å². The van der Waals surface area contributed by atoms with Crippen molar-refractivity contribution < 1.29 is 23.2 Å². The predicted molar refractivity (Wildman–Crippen MR) is 86.7 cm³/mol. The van der Waals surface area contributed by atoms with E-state index in [0.29, 0.717) is 16.4 Å². The number of nitrogens with zero attached hydrogens (tertiary/aromatic N) is 2. The van der Waals surface area contributed by atoms with Crippen LogP contribution in [0, 0.1) is 11.6 Å². The Labute approximate surface area is 145 Å². The Balaban J connectivity index is 1.59. The minimum absolute atomic E-state index is 0.0302. The van der Waals surface area contributed by atoms with Gasteiger partial charge in [-0.3, -0.25) is 19.3 Å². The number of nitrogens with one attached hydrogen (secondary N) is 1. The van der Waals surface area contributed by atoms with Crippen LogP contribution in [0.5, 0.6) is 0 Å². The van der Waals surface area contributed by atoms with E-state index < -0.39 is 17.5 Å². The zero-order valence-electron chi connectivity index (χ0n) is 12.9. The molecule has 0 radical (unpaired) electrons. The quantitative estimate of drug-likeness (QED) is 0.826. The Hall–Kier alpha value is -2.68. The summed E-state index contributed by atoms with van der Waals surface area (Å²) in [4.78, 5) is 40.1. The number of halogens is 2. The lowest BCUT2D eigenvalue weighted by Gasteiger charge is -2.12. The second kappa shape index (κ2) is 7.06. The van der Waals surface area contributed by atoms with E-state index in [0.717, 1.165) is 28.4 Å². The van der Waals surface area contributed by atoms with E-state index >= 15 is 0 Å². The van der Waals surface area contributed by atoms with Crippen molar-refractivity contribution in [2.24, 2.45) is 0 Å². The van der Waals surface area contributed by atoms with Gasteiger partial charge in [0.05, 0.1) is 5.69 Å². The minimum atomic E-state index is -0.976. The molecule has 1 aliphatic rings. The number of aromatic nitrogens is 1. The standard InChI is InChI=1S/C16H13F2N3O3S/c17-10-2-1-9(7-11(10)18)12-8-25-16(19-12)20-13(22)5-6-21-14(23)3-4-15(21)24/h1-2,7-8H,3-6H2,(H,19,20,22). The molecule has 1 saturated heterocycles. The van der Waals surface area contributed by atoms with Gasteiger partial charge in [-0.05, 0) is 18.2 Å². The van der Waals surface area contributed by atoms with E-state index in [1.54, 1.807) is 5.38 Å². The molecule has 0 saturated carbocycles.